The van der Waals surface area contributed by atoms with Gasteiger partial charge in [-0.3, -0.25) is 0 Å². The second-order valence-electron chi connectivity index (χ2n) is 7.39. The van der Waals surface area contributed by atoms with Crippen molar-refractivity contribution in [3.63, 3.8) is 0 Å². The second-order valence-corrected chi connectivity index (χ2v) is 7.39. The summed E-state index contributed by atoms with van der Waals surface area (Å²) in [6, 6.07) is 20.4. The fraction of sp³-hybridized carbons (Fsp3) is 0.417. The molecule has 0 saturated carbocycles. The molecule has 2 atom stereocenters. The molecule has 0 amide bonds. The van der Waals surface area contributed by atoms with Crippen LogP contribution in [0.5, 0.6) is 0 Å². The summed E-state index contributed by atoms with van der Waals surface area (Å²) in [5.74, 6) is 0. The Morgan fingerprint density at radius 2 is 1.52 bits per heavy atom. The van der Waals surface area contributed by atoms with Gasteiger partial charge in [0.2, 0.25) is 0 Å². The topological polar surface area (TPSA) is 42.0 Å². The summed E-state index contributed by atoms with van der Waals surface area (Å²) in [5, 5.41) is 8.81. The van der Waals surface area contributed by atoms with Crippen molar-refractivity contribution in [1.82, 2.24) is 0 Å². The van der Waals surface area contributed by atoms with Gasteiger partial charge in [0.1, 0.15) is 6.10 Å². The largest absolute Gasteiger partial charge is 0.394 e. The Balaban J connectivity index is 0.000000199. The van der Waals surface area contributed by atoms with Crippen molar-refractivity contribution >= 4 is 0 Å². The minimum absolute atomic E-state index is 0.0410. The van der Waals surface area contributed by atoms with Gasteiger partial charge in [0.15, 0.2) is 0 Å². The highest BCUT2D eigenvalue weighted by Crippen LogP contribution is 2.39. The summed E-state index contributed by atoms with van der Waals surface area (Å²) >= 11 is 0. The highest BCUT2D eigenvalue weighted by Gasteiger charge is 2.50. The Bertz CT molecular complexity index is 638. The van der Waals surface area contributed by atoms with Gasteiger partial charge in [0.05, 0.1) is 25.4 Å². The summed E-state index contributed by atoms with van der Waals surface area (Å²) in [6.07, 6.45) is 4.36. The Kier molecular flexibility index (Phi) is 8.73. The van der Waals surface area contributed by atoms with Crippen molar-refractivity contribution in [2.24, 2.45) is 0 Å². The molecule has 2 aromatic carbocycles. The van der Waals surface area contributed by atoms with Crippen LogP contribution in [0.25, 0.3) is 0 Å². The first-order chi connectivity index (χ1) is 13.0. The van der Waals surface area contributed by atoms with Crippen LogP contribution < -0.4 is 0 Å². The zero-order valence-electron chi connectivity index (χ0n) is 16.7. The fourth-order valence-electron chi connectivity index (χ4n) is 2.82. The molecule has 1 N–H and O–H groups in total. The lowest BCUT2D eigenvalue weighted by Gasteiger charge is -2.03. The third kappa shape index (κ3) is 8.08. The van der Waals surface area contributed by atoms with Gasteiger partial charge in [-0.2, -0.15) is 0 Å². The molecule has 1 fully saturated rings. The molecule has 2 aromatic rings. The summed E-state index contributed by atoms with van der Waals surface area (Å²) < 4.78 is 11.0. The van der Waals surface area contributed by atoms with E-state index < -0.39 is 0 Å². The maximum Gasteiger partial charge on any atom is 0.110 e. The summed E-state index contributed by atoms with van der Waals surface area (Å²) in [4.78, 5) is 0. The van der Waals surface area contributed by atoms with Crippen molar-refractivity contribution < 1.29 is 14.6 Å². The van der Waals surface area contributed by atoms with E-state index in [0.717, 1.165) is 12.8 Å². The first kappa shape index (κ1) is 21.4. The van der Waals surface area contributed by atoms with Gasteiger partial charge in [0.25, 0.3) is 0 Å². The van der Waals surface area contributed by atoms with Gasteiger partial charge < -0.3 is 14.6 Å². The molecule has 1 heterocycles. The average Bonchev–Trinajstić information content (AvgIpc) is 3.34. The average molecular weight is 369 g/mol. The van der Waals surface area contributed by atoms with E-state index in [4.69, 9.17) is 14.6 Å². The number of benzene rings is 2. The minimum atomic E-state index is -0.0410. The zero-order chi connectivity index (χ0) is 19.5. The van der Waals surface area contributed by atoms with Crippen LogP contribution in [0, 0.1) is 0 Å². The number of aliphatic hydroxyl groups excluding tert-OH is 1. The number of rotatable bonds is 8. The smallest absolute Gasteiger partial charge is 0.110 e. The Morgan fingerprint density at radius 1 is 1.00 bits per heavy atom. The van der Waals surface area contributed by atoms with E-state index in [1.807, 2.05) is 36.4 Å². The highest BCUT2D eigenvalue weighted by atomic mass is 16.6. The maximum atomic E-state index is 8.81. The van der Waals surface area contributed by atoms with Crippen molar-refractivity contribution in [2.75, 3.05) is 6.61 Å². The van der Waals surface area contributed by atoms with E-state index in [9.17, 15) is 0 Å². The van der Waals surface area contributed by atoms with Crippen molar-refractivity contribution in [2.45, 2.75) is 58.5 Å². The van der Waals surface area contributed by atoms with Crippen LogP contribution in [0.2, 0.25) is 0 Å². The molecule has 0 bridgehead atoms. The van der Waals surface area contributed by atoms with E-state index in [2.05, 4.69) is 51.1 Å². The molecule has 0 radical (unpaired) electrons. The van der Waals surface area contributed by atoms with Crippen LogP contribution in [0.1, 0.15) is 44.7 Å². The molecule has 27 heavy (non-hydrogen) atoms. The third-order valence-electron chi connectivity index (χ3n) is 4.62. The number of ether oxygens (including phenoxy) is 2. The van der Waals surface area contributed by atoms with E-state index in [1.165, 1.54) is 16.7 Å². The summed E-state index contributed by atoms with van der Waals surface area (Å²) in [6.45, 7) is 7.77. The first-order valence-corrected chi connectivity index (χ1v) is 9.61. The molecule has 0 spiro atoms. The quantitative estimate of drug-likeness (QED) is 0.509. The summed E-state index contributed by atoms with van der Waals surface area (Å²) in [7, 11) is 0. The Hall–Kier alpha value is -1.94. The maximum absolute atomic E-state index is 8.81. The molecule has 1 saturated heterocycles. The molecule has 0 unspecified atom stereocenters. The van der Waals surface area contributed by atoms with Gasteiger partial charge >= 0.3 is 0 Å². The highest BCUT2D eigenvalue weighted by molar-refractivity contribution is 5.15. The lowest BCUT2D eigenvalue weighted by molar-refractivity contribution is 0.107. The molecule has 146 valence electrons. The fourth-order valence-corrected chi connectivity index (χ4v) is 2.82. The first-order valence-electron chi connectivity index (χ1n) is 9.61. The minimum Gasteiger partial charge on any atom is -0.394 e. The van der Waals surface area contributed by atoms with Crippen LogP contribution in [-0.2, 0) is 22.7 Å². The molecule has 3 nitrogen and oxygen atoms in total. The number of aliphatic hydroxyl groups is 1. The third-order valence-corrected chi connectivity index (χ3v) is 4.62. The number of hydrogen-bond acceptors (Lipinski definition) is 3. The van der Waals surface area contributed by atoms with Crippen LogP contribution in [0.3, 0.4) is 0 Å². The van der Waals surface area contributed by atoms with Crippen LogP contribution in [0.4, 0.5) is 0 Å². The van der Waals surface area contributed by atoms with Gasteiger partial charge in [-0.1, -0.05) is 72.3 Å². The summed E-state index contributed by atoms with van der Waals surface area (Å²) in [5.41, 5.74) is 3.74. The monoisotopic (exact) mass is 368 g/mol. The molecule has 0 aliphatic carbocycles. The standard InChI is InChI=1S/C14H14O.C10H18O2/c1-3-7-13(8-4-1)11-15-12-14-9-5-2-6-10-14;1-8(2)5-4-6-10(3)9(7-11)12-10/h1-10H,11-12H2;5,9,11H,4,6-7H2,1-3H3/t;9-,10+/m.0/s1. The Labute approximate surface area is 163 Å². The molecule has 0 aromatic heterocycles. The van der Waals surface area contributed by atoms with E-state index in [0.29, 0.717) is 13.2 Å². The van der Waals surface area contributed by atoms with E-state index in [-0.39, 0.29) is 18.3 Å². The predicted molar refractivity (Wildman–Crippen MR) is 110 cm³/mol. The molecular weight excluding hydrogens is 336 g/mol. The van der Waals surface area contributed by atoms with Crippen LogP contribution >= 0.6 is 0 Å². The van der Waals surface area contributed by atoms with E-state index in [1.54, 1.807) is 0 Å². The van der Waals surface area contributed by atoms with Gasteiger partial charge in [0, 0.05) is 0 Å². The number of hydrogen-bond donors (Lipinski definition) is 1. The predicted octanol–water partition coefficient (Wildman–Crippen LogP) is 5.29. The molecule has 1 aliphatic rings. The van der Waals surface area contributed by atoms with Crippen molar-refractivity contribution in [1.29, 1.82) is 0 Å². The number of allylic oxidation sites excluding steroid dienone is 2. The van der Waals surface area contributed by atoms with Crippen molar-refractivity contribution in [3.05, 3.63) is 83.4 Å². The molecular formula is C24H32O3. The van der Waals surface area contributed by atoms with Gasteiger partial charge in [-0.05, 0) is 44.7 Å². The molecule has 3 rings (SSSR count). The SMILES string of the molecule is CC(C)=CCC[C@@]1(C)O[C@H]1CO.c1ccc(COCc2ccccc2)cc1. The van der Waals surface area contributed by atoms with Gasteiger partial charge in [-0.15, -0.1) is 0 Å². The van der Waals surface area contributed by atoms with Crippen LogP contribution in [-0.4, -0.2) is 23.4 Å². The molecule has 1 aliphatic heterocycles. The lowest BCUT2D eigenvalue weighted by atomic mass is 10.0. The normalized spacial score (nSPS) is 20.4. The number of epoxide rings is 1. The zero-order valence-corrected chi connectivity index (χ0v) is 16.7. The Morgan fingerprint density at radius 3 is 1.93 bits per heavy atom. The second kappa shape index (κ2) is 11.0. The lowest BCUT2D eigenvalue weighted by Crippen LogP contribution is -2.11. The van der Waals surface area contributed by atoms with Crippen molar-refractivity contribution in [3.8, 4) is 0 Å². The van der Waals surface area contributed by atoms with E-state index >= 15 is 0 Å². The molecule has 3 heteroatoms. The van der Waals surface area contributed by atoms with Gasteiger partial charge in [-0.25, -0.2) is 0 Å². The van der Waals surface area contributed by atoms with Crippen LogP contribution in [0.15, 0.2) is 72.3 Å².